The van der Waals surface area contributed by atoms with Gasteiger partial charge < -0.3 is 4.74 Å². The first-order valence-electron chi connectivity index (χ1n) is 9.21. The average Bonchev–Trinajstić information content (AvgIpc) is 2.94. The van der Waals surface area contributed by atoms with Crippen molar-refractivity contribution in [3.8, 4) is 0 Å². The summed E-state index contributed by atoms with van der Waals surface area (Å²) in [7, 11) is 0. The zero-order chi connectivity index (χ0) is 19.4. The molecule has 1 aliphatic rings. The topological polar surface area (TPSA) is 63.7 Å². The van der Waals surface area contributed by atoms with Crippen LogP contribution < -0.4 is 0 Å². The Bertz CT molecular complexity index is 811. The maximum absolute atomic E-state index is 12.7. The molecule has 0 N–H and O–H groups in total. The first-order valence-corrected chi connectivity index (χ1v) is 9.21. The number of amides is 2. The van der Waals surface area contributed by atoms with Crippen LogP contribution in [0.2, 0.25) is 0 Å². The fourth-order valence-electron chi connectivity index (χ4n) is 3.36. The van der Waals surface area contributed by atoms with Gasteiger partial charge in [-0.15, -0.1) is 0 Å². The van der Waals surface area contributed by atoms with Crippen molar-refractivity contribution in [1.29, 1.82) is 0 Å². The van der Waals surface area contributed by atoms with Crippen LogP contribution in [0.4, 0.5) is 0 Å². The highest BCUT2D eigenvalue weighted by atomic mass is 16.5. The molecule has 3 rings (SSSR count). The van der Waals surface area contributed by atoms with Crippen LogP contribution in [0.25, 0.3) is 0 Å². The summed E-state index contributed by atoms with van der Waals surface area (Å²) in [6, 6.07) is 16.3. The molecule has 140 valence electrons. The van der Waals surface area contributed by atoms with E-state index >= 15 is 0 Å². The summed E-state index contributed by atoms with van der Waals surface area (Å²) >= 11 is 0. The third-order valence-corrected chi connectivity index (χ3v) is 5.06. The van der Waals surface area contributed by atoms with Gasteiger partial charge in [0.15, 0.2) is 0 Å². The molecule has 0 radical (unpaired) electrons. The van der Waals surface area contributed by atoms with E-state index in [1.807, 2.05) is 44.2 Å². The van der Waals surface area contributed by atoms with Gasteiger partial charge in [0.2, 0.25) is 0 Å². The zero-order valence-electron chi connectivity index (χ0n) is 15.6. The van der Waals surface area contributed by atoms with Gasteiger partial charge >= 0.3 is 5.97 Å². The number of carbonyl (C=O) groups is 3. The van der Waals surface area contributed by atoms with Gasteiger partial charge in [-0.05, 0) is 23.6 Å². The van der Waals surface area contributed by atoms with Crippen molar-refractivity contribution in [3.63, 3.8) is 0 Å². The van der Waals surface area contributed by atoms with Crippen molar-refractivity contribution in [2.75, 3.05) is 13.2 Å². The van der Waals surface area contributed by atoms with Gasteiger partial charge in [0.1, 0.15) is 6.61 Å². The summed E-state index contributed by atoms with van der Waals surface area (Å²) in [6.45, 7) is 4.10. The summed E-state index contributed by atoms with van der Waals surface area (Å²) < 4.78 is 5.45. The number of rotatable bonds is 7. The highest BCUT2D eigenvalue weighted by Gasteiger charge is 2.35. The third kappa shape index (κ3) is 3.77. The number of hydrogen-bond acceptors (Lipinski definition) is 4. The molecule has 5 heteroatoms. The number of carbonyl (C=O) groups excluding carboxylic acids is 3. The van der Waals surface area contributed by atoms with Crippen LogP contribution in [-0.4, -0.2) is 35.8 Å². The van der Waals surface area contributed by atoms with Crippen molar-refractivity contribution < 1.29 is 19.1 Å². The fourth-order valence-corrected chi connectivity index (χ4v) is 3.36. The van der Waals surface area contributed by atoms with Crippen molar-refractivity contribution in [2.45, 2.75) is 26.2 Å². The average molecular weight is 365 g/mol. The summed E-state index contributed by atoms with van der Waals surface area (Å²) in [5, 5.41) is 0. The van der Waals surface area contributed by atoms with Crippen LogP contribution in [0.15, 0.2) is 54.6 Å². The van der Waals surface area contributed by atoms with Gasteiger partial charge in [0.05, 0.1) is 23.6 Å². The standard InChI is InChI=1S/C22H23NO4/c1-3-15(2)19(16-9-5-4-6-10-16)22(26)27-14-13-23-20(24)17-11-7-8-12-18(17)21(23)25/h4-12,15,19H,3,13-14H2,1-2H3/t15-,19+/m0/s1. The van der Waals surface area contributed by atoms with E-state index in [-0.39, 0.29) is 42.8 Å². The normalized spacial score (nSPS) is 15.4. The number of imide groups is 1. The van der Waals surface area contributed by atoms with E-state index in [2.05, 4.69) is 0 Å². The molecule has 0 fully saturated rings. The molecular formula is C22H23NO4. The summed E-state index contributed by atoms with van der Waals surface area (Å²) in [6.07, 6.45) is 0.840. The highest BCUT2D eigenvalue weighted by Crippen LogP contribution is 2.28. The molecule has 2 aromatic rings. The minimum Gasteiger partial charge on any atom is -0.463 e. The monoisotopic (exact) mass is 365 g/mol. The molecule has 1 heterocycles. The molecule has 0 aromatic heterocycles. The summed E-state index contributed by atoms with van der Waals surface area (Å²) in [5.41, 5.74) is 1.71. The Morgan fingerprint density at radius 2 is 1.52 bits per heavy atom. The second-order valence-electron chi connectivity index (χ2n) is 6.75. The minimum atomic E-state index is -0.363. The second kappa shape index (κ2) is 8.16. The summed E-state index contributed by atoms with van der Waals surface area (Å²) in [4.78, 5) is 38.5. The molecule has 0 spiro atoms. The largest absolute Gasteiger partial charge is 0.463 e. The van der Waals surface area contributed by atoms with Crippen LogP contribution in [0.5, 0.6) is 0 Å². The van der Waals surface area contributed by atoms with Gasteiger partial charge in [-0.1, -0.05) is 62.7 Å². The van der Waals surface area contributed by atoms with E-state index in [0.29, 0.717) is 11.1 Å². The molecule has 0 unspecified atom stereocenters. The Labute approximate surface area is 158 Å². The number of fused-ring (bicyclic) bond motifs is 1. The van der Waals surface area contributed by atoms with Gasteiger partial charge in [-0.3, -0.25) is 19.3 Å². The molecular weight excluding hydrogens is 342 g/mol. The molecule has 2 aromatic carbocycles. The lowest BCUT2D eigenvalue weighted by Gasteiger charge is -2.22. The van der Waals surface area contributed by atoms with E-state index in [1.54, 1.807) is 24.3 Å². The maximum Gasteiger partial charge on any atom is 0.313 e. The molecule has 2 amide bonds. The maximum atomic E-state index is 12.7. The van der Waals surface area contributed by atoms with E-state index in [1.165, 1.54) is 0 Å². The van der Waals surface area contributed by atoms with Crippen LogP contribution in [-0.2, 0) is 9.53 Å². The Hall–Kier alpha value is -2.95. The summed E-state index contributed by atoms with van der Waals surface area (Å²) in [5.74, 6) is -1.24. The SMILES string of the molecule is CC[C@H](C)[C@@H](C(=O)OCCN1C(=O)c2ccccc2C1=O)c1ccccc1. The van der Waals surface area contributed by atoms with Crippen molar-refractivity contribution >= 4 is 17.8 Å². The minimum absolute atomic E-state index is 0.00985. The van der Waals surface area contributed by atoms with E-state index in [0.717, 1.165) is 16.9 Å². The Kier molecular flexibility index (Phi) is 5.69. The molecule has 1 aliphatic heterocycles. The Morgan fingerprint density at radius 1 is 0.963 bits per heavy atom. The highest BCUT2D eigenvalue weighted by molar-refractivity contribution is 6.21. The Balaban J connectivity index is 1.64. The van der Waals surface area contributed by atoms with Crippen molar-refractivity contribution in [1.82, 2.24) is 4.90 Å². The second-order valence-corrected chi connectivity index (χ2v) is 6.75. The molecule has 27 heavy (non-hydrogen) atoms. The van der Waals surface area contributed by atoms with Gasteiger partial charge in [0, 0.05) is 0 Å². The lowest BCUT2D eigenvalue weighted by atomic mass is 9.86. The molecule has 0 aliphatic carbocycles. The third-order valence-electron chi connectivity index (χ3n) is 5.06. The van der Waals surface area contributed by atoms with Gasteiger partial charge in [-0.2, -0.15) is 0 Å². The van der Waals surface area contributed by atoms with Crippen molar-refractivity contribution in [2.24, 2.45) is 5.92 Å². The van der Waals surface area contributed by atoms with Crippen LogP contribution in [0.1, 0.15) is 52.5 Å². The number of nitrogens with zero attached hydrogens (tertiary/aromatic N) is 1. The number of benzene rings is 2. The predicted octanol–water partition coefficient (Wildman–Crippen LogP) is 3.66. The molecule has 0 bridgehead atoms. The quantitative estimate of drug-likeness (QED) is 0.555. The van der Waals surface area contributed by atoms with Gasteiger partial charge in [-0.25, -0.2) is 0 Å². The lowest BCUT2D eigenvalue weighted by molar-refractivity contribution is -0.147. The van der Waals surface area contributed by atoms with E-state index < -0.39 is 0 Å². The van der Waals surface area contributed by atoms with Crippen LogP contribution in [0.3, 0.4) is 0 Å². The fraction of sp³-hybridized carbons (Fsp3) is 0.318. The van der Waals surface area contributed by atoms with Crippen molar-refractivity contribution in [3.05, 3.63) is 71.3 Å². The first-order chi connectivity index (χ1) is 13.0. The number of esters is 1. The Morgan fingerprint density at radius 3 is 2.07 bits per heavy atom. The predicted molar refractivity (Wildman–Crippen MR) is 101 cm³/mol. The van der Waals surface area contributed by atoms with E-state index in [4.69, 9.17) is 4.74 Å². The molecule has 0 saturated heterocycles. The van der Waals surface area contributed by atoms with Crippen LogP contribution in [0, 0.1) is 5.92 Å². The zero-order valence-corrected chi connectivity index (χ0v) is 15.6. The van der Waals surface area contributed by atoms with E-state index in [9.17, 15) is 14.4 Å². The molecule has 0 saturated carbocycles. The number of ether oxygens (including phenoxy) is 1. The lowest BCUT2D eigenvalue weighted by Crippen LogP contribution is -2.34. The van der Waals surface area contributed by atoms with Crippen LogP contribution >= 0.6 is 0 Å². The number of hydrogen-bond donors (Lipinski definition) is 0. The molecule has 5 nitrogen and oxygen atoms in total. The smallest absolute Gasteiger partial charge is 0.313 e. The first kappa shape index (κ1) is 18.8. The van der Waals surface area contributed by atoms with Gasteiger partial charge in [0.25, 0.3) is 11.8 Å². The molecule has 2 atom stereocenters.